The van der Waals surface area contributed by atoms with E-state index in [1.807, 2.05) is 26.1 Å². The number of rotatable bonds is 5. The van der Waals surface area contributed by atoms with Crippen molar-refractivity contribution in [3.05, 3.63) is 41.5 Å². The summed E-state index contributed by atoms with van der Waals surface area (Å²) in [5.41, 5.74) is 3.03. The summed E-state index contributed by atoms with van der Waals surface area (Å²) in [6.07, 6.45) is 5.42. The first-order valence-electron chi connectivity index (χ1n) is 9.68. The molecule has 0 amide bonds. The van der Waals surface area contributed by atoms with Crippen LogP contribution in [0.3, 0.4) is 0 Å². The number of piperazine rings is 1. The van der Waals surface area contributed by atoms with Crippen LogP contribution in [0.25, 0.3) is 0 Å². The average Bonchev–Trinajstić information content (AvgIpc) is 2.73. The molecule has 2 aromatic heterocycles. The fourth-order valence-corrected chi connectivity index (χ4v) is 3.38. The van der Waals surface area contributed by atoms with Crippen molar-refractivity contribution in [3.8, 4) is 5.75 Å². The number of pyridine rings is 1. The summed E-state index contributed by atoms with van der Waals surface area (Å²) in [5.74, 6) is 2.59. The first-order chi connectivity index (χ1) is 13.6. The van der Waals surface area contributed by atoms with Gasteiger partial charge >= 0.3 is 0 Å². The lowest BCUT2D eigenvalue weighted by molar-refractivity contribution is 0.370. The van der Waals surface area contributed by atoms with Crippen LogP contribution in [0.2, 0.25) is 0 Å². The van der Waals surface area contributed by atoms with Gasteiger partial charge in [0.25, 0.3) is 0 Å². The Hall–Kier alpha value is -2.90. The van der Waals surface area contributed by atoms with Crippen molar-refractivity contribution >= 4 is 11.9 Å². The number of hydrogen-bond donors (Lipinski definition) is 1. The highest BCUT2D eigenvalue weighted by Gasteiger charge is 2.21. The summed E-state index contributed by atoms with van der Waals surface area (Å²) in [5, 5.41) is 3.40. The minimum Gasteiger partial charge on any atom is -0.496 e. The van der Waals surface area contributed by atoms with Gasteiger partial charge in [-0.15, -0.1) is 0 Å². The molecule has 2 aromatic rings. The Kier molecular flexibility index (Phi) is 6.62. The molecule has 1 aliphatic heterocycles. The van der Waals surface area contributed by atoms with E-state index < -0.39 is 0 Å². The second-order valence-corrected chi connectivity index (χ2v) is 6.74. The number of aryl methyl sites for hydroxylation is 1. The van der Waals surface area contributed by atoms with Gasteiger partial charge in [-0.2, -0.15) is 0 Å². The van der Waals surface area contributed by atoms with Gasteiger partial charge in [-0.05, 0) is 26.8 Å². The number of guanidine groups is 1. The molecule has 0 unspecified atom stereocenters. The molecule has 8 heteroatoms. The normalized spacial score (nSPS) is 14.9. The van der Waals surface area contributed by atoms with Gasteiger partial charge in [-0.1, -0.05) is 0 Å². The van der Waals surface area contributed by atoms with Crippen LogP contribution in [-0.4, -0.2) is 65.6 Å². The molecule has 150 valence electrons. The van der Waals surface area contributed by atoms with Crippen LogP contribution in [0.15, 0.2) is 29.6 Å². The Morgan fingerprint density at radius 2 is 1.86 bits per heavy atom. The predicted molar refractivity (Wildman–Crippen MR) is 111 cm³/mol. The van der Waals surface area contributed by atoms with E-state index in [-0.39, 0.29) is 0 Å². The summed E-state index contributed by atoms with van der Waals surface area (Å²) in [6.45, 7) is 10.9. The minimum atomic E-state index is 0.521. The molecule has 1 aliphatic rings. The summed E-state index contributed by atoms with van der Waals surface area (Å²) >= 11 is 0. The van der Waals surface area contributed by atoms with Crippen LogP contribution in [0, 0.1) is 13.8 Å². The van der Waals surface area contributed by atoms with Crippen LogP contribution in [0.5, 0.6) is 5.75 Å². The molecule has 0 saturated carbocycles. The van der Waals surface area contributed by atoms with E-state index in [0.29, 0.717) is 6.54 Å². The van der Waals surface area contributed by atoms with Crippen molar-refractivity contribution in [3.63, 3.8) is 0 Å². The Morgan fingerprint density at radius 3 is 2.50 bits per heavy atom. The van der Waals surface area contributed by atoms with Crippen LogP contribution in [0.4, 0.5) is 5.95 Å². The lowest BCUT2D eigenvalue weighted by Crippen LogP contribution is -2.53. The van der Waals surface area contributed by atoms with Crippen molar-refractivity contribution in [2.45, 2.75) is 27.3 Å². The van der Waals surface area contributed by atoms with Crippen molar-refractivity contribution < 1.29 is 4.74 Å². The molecule has 0 aromatic carbocycles. The van der Waals surface area contributed by atoms with Gasteiger partial charge in [-0.3, -0.25) is 4.98 Å². The van der Waals surface area contributed by atoms with Crippen molar-refractivity contribution in [1.82, 2.24) is 25.2 Å². The van der Waals surface area contributed by atoms with Gasteiger partial charge in [0.05, 0.1) is 19.3 Å². The maximum Gasteiger partial charge on any atom is 0.225 e. The van der Waals surface area contributed by atoms with E-state index in [1.54, 1.807) is 19.5 Å². The number of ether oxygens (including phenoxy) is 1. The molecule has 8 nitrogen and oxygen atoms in total. The van der Waals surface area contributed by atoms with Crippen LogP contribution < -0.4 is 15.0 Å². The third-order valence-corrected chi connectivity index (χ3v) is 4.88. The molecule has 0 radical (unpaired) electrons. The molecule has 3 heterocycles. The van der Waals surface area contributed by atoms with Crippen molar-refractivity contribution in [2.24, 2.45) is 4.99 Å². The van der Waals surface area contributed by atoms with Gasteiger partial charge in [0.2, 0.25) is 5.95 Å². The van der Waals surface area contributed by atoms with E-state index in [1.165, 1.54) is 0 Å². The summed E-state index contributed by atoms with van der Waals surface area (Å²) in [4.78, 5) is 22.6. The van der Waals surface area contributed by atoms with Crippen LogP contribution >= 0.6 is 0 Å². The van der Waals surface area contributed by atoms with E-state index in [2.05, 4.69) is 37.0 Å². The molecule has 1 saturated heterocycles. The van der Waals surface area contributed by atoms with Crippen molar-refractivity contribution in [2.75, 3.05) is 44.7 Å². The third kappa shape index (κ3) is 4.49. The fourth-order valence-electron chi connectivity index (χ4n) is 3.38. The lowest BCUT2D eigenvalue weighted by Gasteiger charge is -2.36. The highest BCUT2D eigenvalue weighted by atomic mass is 16.5. The molecule has 28 heavy (non-hydrogen) atoms. The molecule has 0 spiro atoms. The Labute approximate surface area is 166 Å². The second kappa shape index (κ2) is 9.34. The number of aromatic nitrogens is 3. The summed E-state index contributed by atoms with van der Waals surface area (Å²) < 4.78 is 5.51. The minimum absolute atomic E-state index is 0.521. The zero-order chi connectivity index (χ0) is 19.9. The molecule has 0 aliphatic carbocycles. The molecule has 0 bridgehead atoms. The molecular weight excluding hydrogens is 354 g/mol. The number of aliphatic imine (C=N–C) groups is 1. The van der Waals surface area contributed by atoms with Gasteiger partial charge < -0.3 is 19.9 Å². The average molecular weight is 384 g/mol. The largest absolute Gasteiger partial charge is 0.496 e. The maximum absolute atomic E-state index is 5.51. The number of methoxy groups -OCH3 is 1. The molecule has 0 atom stereocenters. The number of anilines is 1. The van der Waals surface area contributed by atoms with Crippen LogP contribution in [0.1, 0.15) is 23.7 Å². The second-order valence-electron chi connectivity index (χ2n) is 6.74. The van der Waals surface area contributed by atoms with Gasteiger partial charge in [0, 0.05) is 62.4 Å². The zero-order valence-electron chi connectivity index (χ0n) is 17.1. The first kappa shape index (κ1) is 19.9. The van der Waals surface area contributed by atoms with E-state index in [0.717, 1.165) is 67.2 Å². The van der Waals surface area contributed by atoms with E-state index in [4.69, 9.17) is 9.73 Å². The molecule has 1 N–H and O–H groups in total. The number of hydrogen-bond acceptors (Lipinski definition) is 6. The Balaban J connectivity index is 1.69. The van der Waals surface area contributed by atoms with Gasteiger partial charge in [0.15, 0.2) is 5.96 Å². The molecule has 3 rings (SSSR count). The lowest BCUT2D eigenvalue weighted by atomic mass is 10.1. The topological polar surface area (TPSA) is 78.8 Å². The Bertz CT molecular complexity index is 802. The Morgan fingerprint density at radius 1 is 1.14 bits per heavy atom. The fraction of sp³-hybridized carbons (Fsp3) is 0.500. The highest BCUT2D eigenvalue weighted by Crippen LogP contribution is 2.24. The third-order valence-electron chi connectivity index (χ3n) is 4.88. The predicted octanol–water partition coefficient (Wildman–Crippen LogP) is 1.78. The first-order valence-corrected chi connectivity index (χ1v) is 9.68. The van der Waals surface area contributed by atoms with E-state index >= 15 is 0 Å². The zero-order valence-corrected chi connectivity index (χ0v) is 17.1. The summed E-state index contributed by atoms with van der Waals surface area (Å²) in [6, 6.07) is 1.84. The smallest absolute Gasteiger partial charge is 0.225 e. The quantitative estimate of drug-likeness (QED) is 0.623. The van der Waals surface area contributed by atoms with Crippen LogP contribution in [-0.2, 0) is 6.54 Å². The SMILES string of the molecule is CCNC(=NCc1ncc(C)c(OC)c1C)N1CCN(c2ncccn2)CC1. The molecule has 1 fully saturated rings. The van der Waals surface area contributed by atoms with Gasteiger partial charge in [-0.25, -0.2) is 15.0 Å². The number of nitrogens with one attached hydrogen (secondary N) is 1. The standard InChI is InChI=1S/C20H29N7O/c1-5-21-19(25-14-17-16(3)18(28-4)15(2)13-24-17)26-9-11-27(12-10-26)20-22-7-6-8-23-20/h6-8,13H,5,9-12,14H2,1-4H3,(H,21,25). The van der Waals surface area contributed by atoms with E-state index in [9.17, 15) is 0 Å². The number of nitrogens with zero attached hydrogens (tertiary/aromatic N) is 6. The monoisotopic (exact) mass is 383 g/mol. The summed E-state index contributed by atoms with van der Waals surface area (Å²) in [7, 11) is 1.70. The van der Waals surface area contributed by atoms with Crippen molar-refractivity contribution in [1.29, 1.82) is 0 Å². The maximum atomic E-state index is 5.51. The molecular formula is C20H29N7O. The highest BCUT2D eigenvalue weighted by molar-refractivity contribution is 5.80. The van der Waals surface area contributed by atoms with Gasteiger partial charge in [0.1, 0.15) is 5.75 Å².